The molecule has 0 spiro atoms. The highest BCUT2D eigenvalue weighted by atomic mass is 32.2. The van der Waals surface area contributed by atoms with E-state index >= 15 is 0 Å². The second-order valence-corrected chi connectivity index (χ2v) is 10.2. The van der Waals surface area contributed by atoms with E-state index in [0.29, 0.717) is 15.4 Å². The van der Waals surface area contributed by atoms with E-state index < -0.39 is 0 Å². The second kappa shape index (κ2) is 9.11. The van der Waals surface area contributed by atoms with E-state index in [1.54, 1.807) is 11.8 Å². The fourth-order valence-corrected chi connectivity index (χ4v) is 4.80. The van der Waals surface area contributed by atoms with Crippen LogP contribution in [0.2, 0.25) is 0 Å². The van der Waals surface area contributed by atoms with Crippen molar-refractivity contribution in [1.29, 1.82) is 0 Å². The molecule has 5 nitrogen and oxygen atoms in total. The monoisotopic (exact) mass is 445 g/mol. The lowest BCUT2D eigenvalue weighted by Crippen LogP contribution is -2.17. The van der Waals surface area contributed by atoms with E-state index in [2.05, 4.69) is 31.2 Å². The van der Waals surface area contributed by atoms with Crippen molar-refractivity contribution in [2.24, 2.45) is 0 Å². The van der Waals surface area contributed by atoms with Gasteiger partial charge in [-0.3, -0.25) is 4.79 Å². The first-order chi connectivity index (χ1) is 13.8. The van der Waals surface area contributed by atoms with Crippen LogP contribution in [0.5, 0.6) is 5.75 Å². The van der Waals surface area contributed by atoms with Crippen LogP contribution in [-0.2, 0) is 10.2 Å². The Kier molecular flexibility index (Phi) is 6.77. The minimum atomic E-state index is -0.119. The third-order valence-corrected chi connectivity index (χ3v) is 6.56. The van der Waals surface area contributed by atoms with Crippen LogP contribution in [0.1, 0.15) is 26.3 Å². The topological polar surface area (TPSA) is 56.1 Å². The normalized spacial score (nSPS) is 11.3. The lowest BCUT2D eigenvalue weighted by atomic mass is 9.87. The van der Waals surface area contributed by atoms with Crippen LogP contribution in [-0.4, -0.2) is 28.6 Å². The molecule has 0 saturated heterocycles. The molecule has 0 radical (unpaired) electrons. The summed E-state index contributed by atoms with van der Waals surface area (Å²) in [4.78, 5) is 12.5. The van der Waals surface area contributed by atoms with Crippen molar-refractivity contribution in [1.82, 2.24) is 9.78 Å². The number of benzene rings is 2. The van der Waals surface area contributed by atoms with Crippen LogP contribution in [0, 0.1) is 3.95 Å². The maximum atomic E-state index is 12.5. The second-order valence-electron chi connectivity index (χ2n) is 7.38. The van der Waals surface area contributed by atoms with Gasteiger partial charge in [-0.1, -0.05) is 68.1 Å². The van der Waals surface area contributed by atoms with E-state index in [4.69, 9.17) is 17.0 Å². The summed E-state index contributed by atoms with van der Waals surface area (Å²) in [6.45, 7) is 6.40. The molecule has 0 aliphatic rings. The van der Waals surface area contributed by atoms with Crippen molar-refractivity contribution < 1.29 is 9.53 Å². The Labute approximate surface area is 184 Å². The van der Waals surface area contributed by atoms with Gasteiger partial charge in [-0.15, -0.1) is 5.10 Å². The first-order valence-corrected chi connectivity index (χ1v) is 11.3. The van der Waals surface area contributed by atoms with Crippen molar-refractivity contribution in [2.75, 3.05) is 18.2 Å². The summed E-state index contributed by atoms with van der Waals surface area (Å²) >= 11 is 8.17. The Morgan fingerprint density at radius 3 is 2.62 bits per heavy atom. The number of carbonyl (C=O) groups excluding carboxylic acids is 1. The standard InChI is InChI=1S/C21H23N3O2S3/c1-21(2,3)14-10-11-17(26-4)16(12-14)22-18(25)13-28-19-23-24(20(27)29-19)15-8-6-5-7-9-15/h5-12H,13H2,1-4H3,(H,22,25). The van der Waals surface area contributed by atoms with Gasteiger partial charge in [0.15, 0.2) is 8.29 Å². The van der Waals surface area contributed by atoms with Gasteiger partial charge >= 0.3 is 0 Å². The molecule has 3 rings (SSSR count). The zero-order valence-corrected chi connectivity index (χ0v) is 19.2. The van der Waals surface area contributed by atoms with Crippen LogP contribution >= 0.6 is 35.3 Å². The number of carbonyl (C=O) groups is 1. The van der Waals surface area contributed by atoms with E-state index in [-0.39, 0.29) is 17.1 Å². The number of aromatic nitrogens is 2. The van der Waals surface area contributed by atoms with Crippen molar-refractivity contribution in [3.8, 4) is 11.4 Å². The lowest BCUT2D eigenvalue weighted by molar-refractivity contribution is -0.113. The van der Waals surface area contributed by atoms with Gasteiger partial charge in [0.2, 0.25) is 5.91 Å². The van der Waals surface area contributed by atoms with Crippen LogP contribution in [0.4, 0.5) is 5.69 Å². The summed E-state index contributed by atoms with van der Waals surface area (Å²) in [5.74, 6) is 0.757. The van der Waals surface area contributed by atoms with Crippen molar-refractivity contribution in [2.45, 2.75) is 30.5 Å². The molecule has 0 bridgehead atoms. The number of amides is 1. The Hall–Kier alpha value is -2.16. The largest absolute Gasteiger partial charge is 0.495 e. The smallest absolute Gasteiger partial charge is 0.234 e. The molecule has 152 valence electrons. The van der Waals surface area contributed by atoms with Gasteiger partial charge in [0.25, 0.3) is 0 Å². The van der Waals surface area contributed by atoms with E-state index in [1.165, 1.54) is 23.1 Å². The summed E-state index contributed by atoms with van der Waals surface area (Å²) in [5.41, 5.74) is 2.69. The highest BCUT2D eigenvalue weighted by Gasteiger charge is 2.17. The van der Waals surface area contributed by atoms with E-state index in [1.807, 2.05) is 48.5 Å². The molecule has 1 heterocycles. The van der Waals surface area contributed by atoms with E-state index in [9.17, 15) is 4.79 Å². The first-order valence-electron chi connectivity index (χ1n) is 9.04. The number of hydrogen-bond acceptors (Lipinski definition) is 6. The zero-order valence-electron chi connectivity index (χ0n) is 16.8. The fraction of sp³-hybridized carbons (Fsp3) is 0.286. The maximum absolute atomic E-state index is 12.5. The molecule has 0 unspecified atom stereocenters. The van der Waals surface area contributed by atoms with Crippen molar-refractivity contribution in [3.05, 3.63) is 58.0 Å². The molecule has 1 aromatic heterocycles. The number of nitrogens with one attached hydrogen (secondary N) is 1. The molecule has 3 aromatic rings. The molecule has 29 heavy (non-hydrogen) atoms. The first kappa shape index (κ1) is 21.5. The number of hydrogen-bond donors (Lipinski definition) is 1. The highest BCUT2D eigenvalue weighted by Crippen LogP contribution is 2.32. The van der Waals surface area contributed by atoms with Gasteiger partial charge < -0.3 is 10.1 Å². The number of nitrogens with zero attached hydrogens (tertiary/aromatic N) is 2. The quantitative estimate of drug-likeness (QED) is 0.390. The number of thioether (sulfide) groups is 1. The maximum Gasteiger partial charge on any atom is 0.234 e. The number of rotatable bonds is 6. The van der Waals surface area contributed by atoms with Crippen LogP contribution < -0.4 is 10.1 Å². The molecule has 0 saturated carbocycles. The summed E-state index contributed by atoms with van der Waals surface area (Å²) < 4.78 is 8.52. The van der Waals surface area contributed by atoms with Gasteiger partial charge in [-0.25, -0.2) is 4.68 Å². The molecule has 1 N–H and O–H groups in total. The van der Waals surface area contributed by atoms with Crippen LogP contribution in [0.15, 0.2) is 52.9 Å². The van der Waals surface area contributed by atoms with Crippen LogP contribution in [0.25, 0.3) is 5.69 Å². The summed E-state index contributed by atoms with van der Waals surface area (Å²) in [5, 5.41) is 7.48. The molecule has 0 fully saturated rings. The minimum absolute atomic E-state index is 0.0215. The molecule has 0 aliphatic carbocycles. The Balaban J connectivity index is 1.69. The van der Waals surface area contributed by atoms with Gasteiger partial charge in [-0.2, -0.15) is 0 Å². The molecule has 0 aliphatic heterocycles. The van der Waals surface area contributed by atoms with Crippen LogP contribution in [0.3, 0.4) is 0 Å². The zero-order chi connectivity index (χ0) is 21.0. The number of para-hydroxylation sites is 1. The average Bonchev–Trinajstić information content (AvgIpc) is 3.07. The molecular weight excluding hydrogens is 422 g/mol. The predicted octanol–water partition coefficient (Wildman–Crippen LogP) is 5.70. The molecule has 0 atom stereocenters. The van der Waals surface area contributed by atoms with Crippen molar-refractivity contribution >= 4 is 46.9 Å². The van der Waals surface area contributed by atoms with Gasteiger partial charge in [0, 0.05) is 0 Å². The summed E-state index contributed by atoms with van der Waals surface area (Å²) in [7, 11) is 1.60. The van der Waals surface area contributed by atoms with Gasteiger partial charge in [-0.05, 0) is 47.5 Å². The van der Waals surface area contributed by atoms with Crippen molar-refractivity contribution in [3.63, 3.8) is 0 Å². The summed E-state index contributed by atoms with van der Waals surface area (Å²) in [6.07, 6.45) is 0. The molecule has 2 aromatic carbocycles. The fourth-order valence-electron chi connectivity index (χ4n) is 2.64. The molecular formula is C21H23N3O2S3. The third-order valence-electron chi connectivity index (χ3n) is 4.20. The average molecular weight is 446 g/mol. The molecule has 8 heteroatoms. The number of anilines is 1. The number of ether oxygens (including phenoxy) is 1. The van der Waals surface area contributed by atoms with Gasteiger partial charge in [0.1, 0.15) is 5.75 Å². The lowest BCUT2D eigenvalue weighted by Gasteiger charge is -2.21. The van der Waals surface area contributed by atoms with E-state index in [0.717, 1.165) is 15.6 Å². The Morgan fingerprint density at radius 2 is 1.97 bits per heavy atom. The number of methoxy groups -OCH3 is 1. The minimum Gasteiger partial charge on any atom is -0.495 e. The Morgan fingerprint density at radius 1 is 1.24 bits per heavy atom. The predicted molar refractivity (Wildman–Crippen MR) is 123 cm³/mol. The van der Waals surface area contributed by atoms with Gasteiger partial charge in [0.05, 0.1) is 24.2 Å². The molecule has 1 amide bonds. The highest BCUT2D eigenvalue weighted by molar-refractivity contribution is 8.01. The summed E-state index contributed by atoms with van der Waals surface area (Å²) in [6, 6.07) is 15.6. The Bertz CT molecular complexity index is 1050. The third kappa shape index (κ3) is 5.46. The SMILES string of the molecule is COc1ccc(C(C)(C)C)cc1NC(=O)CSc1nn(-c2ccccc2)c(=S)s1.